The van der Waals surface area contributed by atoms with Gasteiger partial charge in [0, 0.05) is 18.3 Å². The quantitative estimate of drug-likeness (QED) is 0.114. The number of fused-ring (bicyclic) bond motifs is 4. The molecular weight excluding hydrogens is 734 g/mol. The van der Waals surface area contributed by atoms with Crippen LogP contribution in [0.2, 0.25) is 0 Å². The number of esters is 1. The van der Waals surface area contributed by atoms with Gasteiger partial charge in [-0.3, -0.25) is 19.0 Å². The summed E-state index contributed by atoms with van der Waals surface area (Å²) in [5.41, 5.74) is 3.45. The minimum atomic E-state index is -0.610. The van der Waals surface area contributed by atoms with Crippen molar-refractivity contribution in [3.05, 3.63) is 99.6 Å². The fraction of sp³-hybridized carbons (Fsp3) is 0.349. The second-order valence-electron chi connectivity index (χ2n) is 14.1. The highest BCUT2D eigenvalue weighted by atomic mass is 16.7. The van der Waals surface area contributed by atoms with Crippen LogP contribution in [0.1, 0.15) is 53.7 Å². The van der Waals surface area contributed by atoms with Gasteiger partial charge >= 0.3 is 5.97 Å². The lowest BCUT2D eigenvalue weighted by Gasteiger charge is -2.39. The van der Waals surface area contributed by atoms with Crippen molar-refractivity contribution in [3.63, 3.8) is 0 Å². The number of ether oxygens (including phenoxy) is 8. The molecule has 0 unspecified atom stereocenters. The zero-order valence-electron chi connectivity index (χ0n) is 32.3. The highest BCUT2D eigenvalue weighted by Crippen LogP contribution is 2.55. The van der Waals surface area contributed by atoms with Gasteiger partial charge < -0.3 is 43.2 Å². The Labute approximate surface area is 328 Å². The molecular formula is C43H43N3O11. The molecule has 1 aromatic heterocycles. The van der Waals surface area contributed by atoms with E-state index in [1.54, 1.807) is 63.2 Å². The van der Waals surface area contributed by atoms with Crippen molar-refractivity contribution in [2.45, 2.75) is 38.1 Å². The Morgan fingerprint density at radius 1 is 0.825 bits per heavy atom. The number of hydrogen-bond acceptors (Lipinski definition) is 12. The molecule has 1 saturated heterocycles. The van der Waals surface area contributed by atoms with E-state index in [2.05, 4.69) is 10.3 Å². The summed E-state index contributed by atoms with van der Waals surface area (Å²) in [6.45, 7) is 2.34. The van der Waals surface area contributed by atoms with Crippen molar-refractivity contribution in [1.29, 1.82) is 0 Å². The molecule has 296 valence electrons. The third-order valence-electron chi connectivity index (χ3n) is 11.0. The van der Waals surface area contributed by atoms with Crippen LogP contribution in [0.3, 0.4) is 0 Å². The lowest BCUT2D eigenvalue weighted by Crippen LogP contribution is -2.42. The first kappa shape index (κ1) is 37.5. The van der Waals surface area contributed by atoms with E-state index in [0.29, 0.717) is 82.1 Å². The standard InChI is InChI=1S/C43H43N3O11/c1-23-44-32-14-13-27(18-30(32)42(48)46(23)25-9-11-26(50-2)12-10-25)54-15-7-6-8-37(47)45-40-29-20-34-33(56-22-57-34)19-28(29)38(39-31(40)21-55-43(39)49)24-16-35(51-3)41(53-5)36(17-24)52-4/h9-14,16-20,31,38-40H,6-8,15,21-22H2,1-5H3,(H,45,47)/t31-,38+,39-,40+/m0/s1. The first-order valence-corrected chi connectivity index (χ1v) is 18.7. The third-order valence-corrected chi connectivity index (χ3v) is 11.0. The Morgan fingerprint density at radius 2 is 1.53 bits per heavy atom. The smallest absolute Gasteiger partial charge is 0.310 e. The van der Waals surface area contributed by atoms with E-state index in [-0.39, 0.29) is 43.2 Å². The monoisotopic (exact) mass is 777 g/mol. The molecule has 14 heteroatoms. The maximum atomic E-state index is 13.6. The fourth-order valence-corrected chi connectivity index (χ4v) is 8.25. The van der Waals surface area contributed by atoms with Gasteiger partial charge in [0.15, 0.2) is 23.0 Å². The largest absolute Gasteiger partial charge is 0.497 e. The fourth-order valence-electron chi connectivity index (χ4n) is 8.25. The molecule has 5 aromatic rings. The van der Waals surface area contributed by atoms with Crippen molar-refractivity contribution in [2.75, 3.05) is 48.4 Å². The number of nitrogens with zero attached hydrogens (tertiary/aromatic N) is 2. The van der Waals surface area contributed by atoms with Crippen LogP contribution in [0.25, 0.3) is 16.6 Å². The molecule has 1 fully saturated rings. The highest BCUT2D eigenvalue weighted by Gasteiger charge is 2.53. The first-order valence-electron chi connectivity index (χ1n) is 18.7. The van der Waals surface area contributed by atoms with E-state index in [0.717, 1.165) is 16.7 Å². The Hall–Kier alpha value is -6.44. The van der Waals surface area contributed by atoms with Crippen molar-refractivity contribution in [3.8, 4) is 45.9 Å². The Balaban J connectivity index is 0.971. The molecule has 1 N–H and O–H groups in total. The molecule has 3 heterocycles. The highest BCUT2D eigenvalue weighted by molar-refractivity contribution is 5.81. The average molecular weight is 778 g/mol. The third kappa shape index (κ3) is 6.89. The van der Waals surface area contributed by atoms with Gasteiger partial charge in [0.1, 0.15) is 17.3 Å². The molecule has 0 radical (unpaired) electrons. The van der Waals surface area contributed by atoms with E-state index in [1.807, 2.05) is 36.4 Å². The van der Waals surface area contributed by atoms with E-state index in [4.69, 9.17) is 37.9 Å². The van der Waals surface area contributed by atoms with Gasteiger partial charge in [0.2, 0.25) is 18.4 Å². The molecule has 3 aliphatic rings. The SMILES string of the molecule is COc1ccc(-n2c(C)nc3ccc(OCCCCC(=O)N[C@@H]4c5cc6c(cc5[C@@H](c5cc(OC)c(OC)c(OC)c5)[C@H]5C(=O)OC[C@@H]54)OCO6)cc3c2=O)cc1. The Morgan fingerprint density at radius 3 is 2.21 bits per heavy atom. The predicted octanol–water partition coefficient (Wildman–Crippen LogP) is 5.80. The van der Waals surface area contributed by atoms with Crippen LogP contribution in [0.4, 0.5) is 0 Å². The summed E-state index contributed by atoms with van der Waals surface area (Å²) in [7, 11) is 6.22. The van der Waals surface area contributed by atoms with Gasteiger partial charge in [0.25, 0.3) is 5.56 Å². The molecule has 4 atom stereocenters. The van der Waals surface area contributed by atoms with Gasteiger partial charge in [-0.25, -0.2) is 4.98 Å². The van der Waals surface area contributed by atoms with Gasteiger partial charge in [0.05, 0.1) is 70.2 Å². The second-order valence-corrected chi connectivity index (χ2v) is 14.1. The Kier molecular flexibility index (Phi) is 10.3. The van der Waals surface area contributed by atoms with Gasteiger partial charge in [-0.1, -0.05) is 0 Å². The topological polar surface area (TPSA) is 155 Å². The normalized spacial score (nSPS) is 19.0. The number of rotatable bonds is 13. The van der Waals surface area contributed by atoms with Crippen LogP contribution in [-0.2, 0) is 14.3 Å². The summed E-state index contributed by atoms with van der Waals surface area (Å²) in [5.74, 6) is 2.31. The Bertz CT molecular complexity index is 2390. The van der Waals surface area contributed by atoms with Crippen LogP contribution >= 0.6 is 0 Å². The number of carbonyl (C=O) groups is 2. The number of hydrogen-bond donors (Lipinski definition) is 1. The summed E-state index contributed by atoms with van der Waals surface area (Å²) in [4.78, 5) is 45.4. The summed E-state index contributed by atoms with van der Waals surface area (Å²) >= 11 is 0. The van der Waals surface area contributed by atoms with E-state index in [1.165, 1.54) is 7.11 Å². The summed E-state index contributed by atoms with van der Waals surface area (Å²) in [5, 5.41) is 3.66. The number of methoxy groups -OCH3 is 4. The van der Waals surface area contributed by atoms with Crippen LogP contribution in [0.5, 0.6) is 40.2 Å². The molecule has 1 aliphatic carbocycles. The van der Waals surface area contributed by atoms with Crippen molar-refractivity contribution in [2.24, 2.45) is 11.8 Å². The van der Waals surface area contributed by atoms with Gasteiger partial charge in [-0.05, 0) is 103 Å². The summed E-state index contributed by atoms with van der Waals surface area (Å²) < 4.78 is 47.0. The molecule has 57 heavy (non-hydrogen) atoms. The number of cyclic esters (lactones) is 1. The predicted molar refractivity (Wildman–Crippen MR) is 207 cm³/mol. The number of nitrogens with one attached hydrogen (secondary N) is 1. The number of amides is 1. The number of benzene rings is 4. The summed E-state index contributed by atoms with van der Waals surface area (Å²) in [6, 6.07) is 19.4. The van der Waals surface area contributed by atoms with Crippen LogP contribution in [0.15, 0.2) is 71.5 Å². The molecule has 2 aliphatic heterocycles. The minimum Gasteiger partial charge on any atom is -0.497 e. The zero-order chi connectivity index (χ0) is 39.8. The second kappa shape index (κ2) is 15.6. The lowest BCUT2D eigenvalue weighted by atomic mass is 9.65. The van der Waals surface area contributed by atoms with Crippen LogP contribution < -0.4 is 44.0 Å². The van der Waals surface area contributed by atoms with Crippen LogP contribution in [0, 0.1) is 18.8 Å². The number of aryl methyl sites for hydroxylation is 1. The molecule has 0 bridgehead atoms. The molecule has 0 spiro atoms. The molecule has 8 rings (SSSR count). The number of carbonyl (C=O) groups excluding carboxylic acids is 2. The first-order chi connectivity index (χ1) is 27.7. The van der Waals surface area contributed by atoms with Crippen molar-refractivity contribution >= 4 is 22.8 Å². The van der Waals surface area contributed by atoms with E-state index >= 15 is 0 Å². The number of unbranched alkanes of at least 4 members (excludes halogenated alkanes) is 1. The van der Waals surface area contributed by atoms with Gasteiger partial charge in [-0.2, -0.15) is 0 Å². The van der Waals surface area contributed by atoms with Crippen LogP contribution in [-0.4, -0.2) is 69.9 Å². The maximum absolute atomic E-state index is 13.6. The summed E-state index contributed by atoms with van der Waals surface area (Å²) in [6.07, 6.45) is 1.36. The maximum Gasteiger partial charge on any atom is 0.310 e. The van der Waals surface area contributed by atoms with Gasteiger partial charge in [-0.15, -0.1) is 0 Å². The molecule has 4 aromatic carbocycles. The number of aromatic nitrogens is 2. The minimum absolute atomic E-state index is 0.0680. The molecule has 0 saturated carbocycles. The van der Waals surface area contributed by atoms with Crippen molar-refractivity contribution in [1.82, 2.24) is 14.9 Å². The van der Waals surface area contributed by atoms with Crippen molar-refractivity contribution < 1.29 is 47.5 Å². The lowest BCUT2D eigenvalue weighted by molar-refractivity contribution is -0.141. The molecule has 1 amide bonds. The molecule has 14 nitrogen and oxygen atoms in total. The van der Waals surface area contributed by atoms with E-state index in [9.17, 15) is 14.4 Å². The zero-order valence-corrected chi connectivity index (χ0v) is 32.3. The van der Waals surface area contributed by atoms with E-state index < -0.39 is 17.9 Å². The average Bonchev–Trinajstić information content (AvgIpc) is 3.85.